The molecule has 7 heteroatoms. The molecule has 2 N–H and O–H groups in total. The first-order valence-corrected chi connectivity index (χ1v) is 8.91. The second kappa shape index (κ2) is 8.04. The number of nitrogens with zero attached hydrogens (tertiary/aromatic N) is 3. The number of allylic oxidation sites excluding steroid dienone is 1. The molecule has 2 aromatic heterocycles. The zero-order valence-electron chi connectivity index (χ0n) is 16.2. The number of hydrogen-bond donors (Lipinski definition) is 2. The molecule has 0 spiro atoms. The van der Waals surface area contributed by atoms with Gasteiger partial charge in [-0.25, -0.2) is 4.79 Å². The Morgan fingerprint density at radius 2 is 2.00 bits per heavy atom. The molecule has 0 radical (unpaired) electrons. The maximum Gasteiger partial charge on any atom is 0.315 e. The molecule has 3 rings (SSSR count). The van der Waals surface area contributed by atoms with Gasteiger partial charge in [-0.1, -0.05) is 36.4 Å². The number of rotatable bonds is 6. The minimum Gasteiger partial charge on any atom is -0.417 e. The lowest BCUT2D eigenvalue weighted by Gasteiger charge is -2.27. The maximum atomic E-state index is 12.4. The first kappa shape index (κ1) is 19.3. The molecule has 0 bridgehead atoms. The minimum atomic E-state index is -0.566. The summed E-state index contributed by atoms with van der Waals surface area (Å²) in [5.41, 5.74) is 3.02. The molecule has 0 aliphatic carbocycles. The lowest BCUT2D eigenvalue weighted by atomic mass is 9.92. The van der Waals surface area contributed by atoms with E-state index in [-0.39, 0.29) is 12.6 Å². The van der Waals surface area contributed by atoms with Gasteiger partial charge in [-0.05, 0) is 50.1 Å². The van der Waals surface area contributed by atoms with Crippen molar-refractivity contribution in [2.45, 2.75) is 32.9 Å². The van der Waals surface area contributed by atoms with E-state index in [4.69, 9.17) is 4.42 Å². The highest BCUT2D eigenvalue weighted by atomic mass is 16.4. The highest BCUT2D eigenvalue weighted by Gasteiger charge is 2.23. The Balaban J connectivity index is 1.60. The largest absolute Gasteiger partial charge is 0.417 e. The van der Waals surface area contributed by atoms with Crippen LogP contribution in [0.15, 0.2) is 59.7 Å². The van der Waals surface area contributed by atoms with Gasteiger partial charge in [-0.15, -0.1) is 10.2 Å². The third kappa shape index (κ3) is 4.62. The molecule has 0 saturated heterocycles. The van der Waals surface area contributed by atoms with Crippen LogP contribution >= 0.6 is 0 Å². The van der Waals surface area contributed by atoms with Gasteiger partial charge in [0.25, 0.3) is 5.89 Å². The molecule has 0 unspecified atom stereocenters. The summed E-state index contributed by atoms with van der Waals surface area (Å²) in [5.74, 6) is 0.618. The van der Waals surface area contributed by atoms with Gasteiger partial charge < -0.3 is 15.1 Å². The average molecular weight is 377 g/mol. The van der Waals surface area contributed by atoms with Gasteiger partial charge in [0.1, 0.15) is 5.69 Å². The van der Waals surface area contributed by atoms with Crippen molar-refractivity contribution in [1.82, 2.24) is 25.8 Å². The van der Waals surface area contributed by atoms with E-state index in [9.17, 15) is 4.79 Å². The van der Waals surface area contributed by atoms with Gasteiger partial charge in [0.05, 0.1) is 12.1 Å². The Bertz CT molecular complexity index is 979. The second-order valence-electron chi connectivity index (χ2n) is 7.01. The normalized spacial score (nSPS) is 11.1. The van der Waals surface area contributed by atoms with Crippen LogP contribution in [-0.2, 0) is 12.1 Å². The summed E-state index contributed by atoms with van der Waals surface area (Å²) in [6.07, 6.45) is 1.65. The van der Waals surface area contributed by atoms with Gasteiger partial charge in [-0.2, -0.15) is 0 Å². The molecular weight excluding hydrogens is 354 g/mol. The third-order valence-corrected chi connectivity index (χ3v) is 4.25. The number of hydrogen-bond acceptors (Lipinski definition) is 5. The molecule has 2 amide bonds. The van der Waals surface area contributed by atoms with Crippen LogP contribution in [0, 0.1) is 0 Å². The van der Waals surface area contributed by atoms with E-state index < -0.39 is 5.54 Å². The number of pyridine rings is 1. The lowest BCUT2D eigenvalue weighted by Crippen LogP contribution is -2.46. The zero-order valence-corrected chi connectivity index (χ0v) is 16.2. The van der Waals surface area contributed by atoms with Crippen molar-refractivity contribution >= 4 is 11.6 Å². The fourth-order valence-electron chi connectivity index (χ4n) is 2.65. The monoisotopic (exact) mass is 377 g/mol. The summed E-state index contributed by atoms with van der Waals surface area (Å²) >= 11 is 0. The van der Waals surface area contributed by atoms with Crippen molar-refractivity contribution in [1.29, 1.82) is 0 Å². The van der Waals surface area contributed by atoms with Gasteiger partial charge in [0.15, 0.2) is 0 Å². The Morgan fingerprint density at radius 1 is 1.18 bits per heavy atom. The molecule has 28 heavy (non-hydrogen) atoms. The summed E-state index contributed by atoms with van der Waals surface area (Å²) in [6, 6.07) is 13.0. The van der Waals surface area contributed by atoms with Gasteiger partial charge in [0.2, 0.25) is 5.89 Å². The minimum absolute atomic E-state index is 0.119. The number of aromatic nitrogens is 3. The topological polar surface area (TPSA) is 92.9 Å². The van der Waals surface area contributed by atoms with E-state index in [0.717, 1.165) is 16.7 Å². The molecule has 0 fully saturated rings. The van der Waals surface area contributed by atoms with Crippen LogP contribution in [0.5, 0.6) is 0 Å². The first-order valence-electron chi connectivity index (χ1n) is 8.91. The Kier molecular flexibility index (Phi) is 5.54. The van der Waals surface area contributed by atoms with Gasteiger partial charge in [0, 0.05) is 6.20 Å². The molecule has 0 atom stereocenters. The van der Waals surface area contributed by atoms with Crippen LogP contribution in [0.2, 0.25) is 0 Å². The molecule has 3 aromatic rings. The van der Waals surface area contributed by atoms with E-state index in [2.05, 4.69) is 32.4 Å². The van der Waals surface area contributed by atoms with Crippen molar-refractivity contribution in [3.63, 3.8) is 0 Å². The summed E-state index contributed by atoms with van der Waals surface area (Å²) in [4.78, 5) is 16.5. The quantitative estimate of drug-likeness (QED) is 0.680. The molecular formula is C21H23N5O2. The van der Waals surface area contributed by atoms with Crippen LogP contribution in [-0.4, -0.2) is 21.2 Å². The Labute approximate surface area is 163 Å². The van der Waals surface area contributed by atoms with Crippen LogP contribution < -0.4 is 10.6 Å². The Morgan fingerprint density at radius 3 is 2.71 bits per heavy atom. The SMILES string of the molecule is C=C(C)c1cccc(C(C)(C)NC(=O)NCc2nnc(-c3ccccn3)o2)c1. The molecule has 2 heterocycles. The fraction of sp³-hybridized carbons (Fsp3) is 0.238. The van der Waals surface area contributed by atoms with Crippen molar-refractivity contribution < 1.29 is 9.21 Å². The highest BCUT2D eigenvalue weighted by molar-refractivity contribution is 5.75. The standard InChI is InChI=1S/C21H23N5O2/c1-14(2)15-8-7-9-16(12-15)21(3,4)24-20(27)23-13-18-25-26-19(28-18)17-10-5-6-11-22-17/h5-12H,1,13H2,2-4H3,(H2,23,24,27). The molecule has 0 saturated carbocycles. The Hall–Kier alpha value is -3.48. The molecule has 7 nitrogen and oxygen atoms in total. The molecule has 0 aliphatic heterocycles. The van der Waals surface area contributed by atoms with E-state index in [1.807, 2.05) is 51.1 Å². The summed E-state index contributed by atoms with van der Waals surface area (Å²) in [7, 11) is 0. The van der Waals surface area contributed by atoms with Gasteiger partial charge in [-0.3, -0.25) is 4.98 Å². The van der Waals surface area contributed by atoms with Crippen LogP contribution in [0.4, 0.5) is 4.79 Å². The summed E-state index contributed by atoms with van der Waals surface area (Å²) < 4.78 is 5.54. The second-order valence-corrected chi connectivity index (χ2v) is 7.01. The van der Waals surface area contributed by atoms with E-state index in [1.165, 1.54) is 0 Å². The predicted octanol–water partition coefficient (Wildman–Crippen LogP) is 3.90. The molecule has 144 valence electrons. The molecule has 1 aromatic carbocycles. The lowest BCUT2D eigenvalue weighted by molar-refractivity contribution is 0.228. The molecule has 0 aliphatic rings. The van der Waals surface area contributed by atoms with Gasteiger partial charge >= 0.3 is 6.03 Å². The number of urea groups is 1. The van der Waals surface area contributed by atoms with Crippen molar-refractivity contribution in [2.24, 2.45) is 0 Å². The van der Waals surface area contributed by atoms with Crippen molar-refractivity contribution in [3.05, 3.63) is 72.3 Å². The van der Waals surface area contributed by atoms with Crippen molar-refractivity contribution in [3.8, 4) is 11.6 Å². The number of benzene rings is 1. The van der Waals surface area contributed by atoms with E-state index >= 15 is 0 Å². The van der Waals surface area contributed by atoms with Crippen LogP contribution in [0.3, 0.4) is 0 Å². The number of amides is 2. The highest BCUT2D eigenvalue weighted by Crippen LogP contribution is 2.23. The smallest absolute Gasteiger partial charge is 0.315 e. The van der Waals surface area contributed by atoms with Crippen LogP contribution in [0.1, 0.15) is 37.8 Å². The van der Waals surface area contributed by atoms with E-state index in [0.29, 0.717) is 17.5 Å². The van der Waals surface area contributed by atoms with E-state index in [1.54, 1.807) is 18.3 Å². The average Bonchev–Trinajstić information content (AvgIpc) is 3.16. The summed E-state index contributed by atoms with van der Waals surface area (Å²) in [6.45, 7) is 9.92. The maximum absolute atomic E-state index is 12.4. The number of nitrogens with one attached hydrogen (secondary N) is 2. The van der Waals surface area contributed by atoms with Crippen LogP contribution in [0.25, 0.3) is 17.2 Å². The fourth-order valence-corrected chi connectivity index (χ4v) is 2.65. The first-order chi connectivity index (χ1) is 13.3. The number of carbonyl (C=O) groups is 1. The summed E-state index contributed by atoms with van der Waals surface area (Å²) in [5, 5.41) is 13.6. The number of carbonyl (C=O) groups excluding carboxylic acids is 1. The third-order valence-electron chi connectivity index (χ3n) is 4.25. The zero-order chi connectivity index (χ0) is 20.1. The predicted molar refractivity (Wildman–Crippen MR) is 107 cm³/mol. The van der Waals surface area contributed by atoms with Crippen molar-refractivity contribution in [2.75, 3.05) is 0 Å².